The molecule has 3 fully saturated rings. The number of benzene rings is 1. The Kier molecular flexibility index (Phi) is 4.29. The molecule has 1 amide bonds. The Morgan fingerprint density at radius 3 is 2.39 bits per heavy atom. The summed E-state index contributed by atoms with van der Waals surface area (Å²) in [5, 5.41) is 4.25. The highest BCUT2D eigenvalue weighted by atomic mass is 35.5. The Morgan fingerprint density at radius 1 is 1.13 bits per heavy atom. The first-order chi connectivity index (χ1) is 11.2. The Morgan fingerprint density at radius 2 is 1.83 bits per heavy atom. The smallest absolute Gasteiger partial charge is 0.255 e. The van der Waals surface area contributed by atoms with Crippen LogP contribution in [-0.4, -0.2) is 36.0 Å². The van der Waals surface area contributed by atoms with E-state index in [0.717, 1.165) is 19.5 Å². The summed E-state index contributed by atoms with van der Waals surface area (Å²) < 4.78 is 0. The molecule has 1 saturated heterocycles. The number of carbonyl (C=O) groups is 1. The first-order valence-electron chi connectivity index (χ1n) is 8.64. The molecule has 2 saturated carbocycles. The molecule has 1 N–H and O–H groups in total. The van der Waals surface area contributed by atoms with E-state index in [9.17, 15) is 4.79 Å². The van der Waals surface area contributed by atoms with Gasteiger partial charge in [0, 0.05) is 18.6 Å². The zero-order valence-corrected chi connectivity index (χ0v) is 14.6. The molecule has 3 nitrogen and oxygen atoms in total. The van der Waals surface area contributed by atoms with Crippen molar-refractivity contribution in [3.8, 4) is 0 Å². The molecule has 0 radical (unpaired) electrons. The van der Waals surface area contributed by atoms with Crippen molar-refractivity contribution >= 4 is 29.1 Å². The zero-order valence-electron chi connectivity index (χ0n) is 13.1. The molecule has 1 unspecified atom stereocenters. The van der Waals surface area contributed by atoms with E-state index in [2.05, 4.69) is 10.2 Å². The second-order valence-electron chi connectivity index (χ2n) is 7.13. The average molecular weight is 353 g/mol. The monoisotopic (exact) mass is 352 g/mol. The van der Waals surface area contributed by atoms with Crippen LogP contribution < -0.4 is 5.32 Å². The van der Waals surface area contributed by atoms with Gasteiger partial charge in [0.2, 0.25) is 0 Å². The van der Waals surface area contributed by atoms with E-state index in [0.29, 0.717) is 33.5 Å². The summed E-state index contributed by atoms with van der Waals surface area (Å²) in [6.45, 7) is 1.87. The fraction of sp³-hybridized carbons (Fsp3) is 0.611. The lowest BCUT2D eigenvalue weighted by Gasteiger charge is -2.37. The minimum Gasteiger partial charge on any atom is -0.331 e. The van der Waals surface area contributed by atoms with Gasteiger partial charge in [-0.15, -0.1) is 0 Å². The van der Waals surface area contributed by atoms with Crippen LogP contribution in [0.2, 0.25) is 10.0 Å². The van der Waals surface area contributed by atoms with Crippen LogP contribution in [0.3, 0.4) is 0 Å². The van der Waals surface area contributed by atoms with Gasteiger partial charge in [-0.3, -0.25) is 4.79 Å². The van der Waals surface area contributed by atoms with Crippen molar-refractivity contribution in [2.45, 2.75) is 44.2 Å². The van der Waals surface area contributed by atoms with Gasteiger partial charge in [-0.25, -0.2) is 0 Å². The first kappa shape index (κ1) is 15.7. The van der Waals surface area contributed by atoms with Crippen LogP contribution in [-0.2, 0) is 0 Å². The van der Waals surface area contributed by atoms with Crippen molar-refractivity contribution in [2.24, 2.45) is 11.8 Å². The fourth-order valence-corrected chi connectivity index (χ4v) is 4.33. The normalized spacial score (nSPS) is 24.2. The van der Waals surface area contributed by atoms with Crippen LogP contribution in [0.5, 0.6) is 0 Å². The molecular formula is C18H22Cl2N2O. The van der Waals surface area contributed by atoms with Crippen molar-refractivity contribution in [2.75, 3.05) is 13.1 Å². The highest BCUT2D eigenvalue weighted by Crippen LogP contribution is 2.48. The number of rotatable bonds is 5. The van der Waals surface area contributed by atoms with E-state index in [4.69, 9.17) is 23.2 Å². The lowest BCUT2D eigenvalue weighted by atomic mass is 10.00. The van der Waals surface area contributed by atoms with Crippen molar-refractivity contribution in [1.29, 1.82) is 0 Å². The largest absolute Gasteiger partial charge is 0.331 e. The second kappa shape index (κ2) is 6.27. The van der Waals surface area contributed by atoms with Crippen LogP contribution in [0.15, 0.2) is 18.2 Å². The van der Waals surface area contributed by atoms with Gasteiger partial charge in [-0.05, 0) is 62.6 Å². The van der Waals surface area contributed by atoms with Crippen molar-refractivity contribution in [3.05, 3.63) is 33.8 Å². The third-order valence-electron chi connectivity index (χ3n) is 5.38. The molecule has 5 heteroatoms. The predicted molar refractivity (Wildman–Crippen MR) is 93.1 cm³/mol. The Balaban J connectivity index is 1.68. The van der Waals surface area contributed by atoms with Gasteiger partial charge in [0.1, 0.15) is 0 Å². The van der Waals surface area contributed by atoms with Crippen LogP contribution >= 0.6 is 23.2 Å². The predicted octanol–water partition coefficient (Wildman–Crippen LogP) is 3.99. The maximum atomic E-state index is 13.4. The summed E-state index contributed by atoms with van der Waals surface area (Å²) in [6, 6.07) is 6.03. The van der Waals surface area contributed by atoms with Crippen molar-refractivity contribution in [1.82, 2.24) is 10.2 Å². The molecule has 0 bridgehead atoms. The number of nitrogens with one attached hydrogen (secondary N) is 1. The highest BCUT2D eigenvalue weighted by molar-refractivity contribution is 6.43. The van der Waals surface area contributed by atoms with Crippen LogP contribution in [0, 0.1) is 11.8 Å². The Labute approximate surface area is 147 Å². The fourth-order valence-electron chi connectivity index (χ4n) is 3.94. The first-order valence-corrected chi connectivity index (χ1v) is 9.40. The van der Waals surface area contributed by atoms with Gasteiger partial charge in [0.05, 0.1) is 15.6 Å². The molecule has 23 heavy (non-hydrogen) atoms. The Bertz CT molecular complexity index is 595. The number of amides is 1. The minimum atomic E-state index is 0.0648. The summed E-state index contributed by atoms with van der Waals surface area (Å²) in [5.41, 5.74) is 0.553. The van der Waals surface area contributed by atoms with Gasteiger partial charge < -0.3 is 10.2 Å². The highest BCUT2D eigenvalue weighted by Gasteiger charge is 2.48. The zero-order chi connectivity index (χ0) is 16.0. The van der Waals surface area contributed by atoms with E-state index in [1.165, 1.54) is 25.7 Å². The molecule has 1 aromatic carbocycles. The van der Waals surface area contributed by atoms with E-state index < -0.39 is 0 Å². The Hall–Kier alpha value is -0.770. The maximum absolute atomic E-state index is 13.4. The molecule has 1 aromatic rings. The van der Waals surface area contributed by atoms with E-state index in [-0.39, 0.29) is 11.9 Å². The van der Waals surface area contributed by atoms with Gasteiger partial charge in [0.15, 0.2) is 0 Å². The van der Waals surface area contributed by atoms with E-state index >= 15 is 0 Å². The second-order valence-corrected chi connectivity index (χ2v) is 7.91. The molecule has 124 valence electrons. The summed E-state index contributed by atoms with van der Waals surface area (Å²) in [5.74, 6) is 1.44. The van der Waals surface area contributed by atoms with Crippen LogP contribution in [0.4, 0.5) is 0 Å². The molecule has 0 spiro atoms. The van der Waals surface area contributed by atoms with Crippen LogP contribution in [0.25, 0.3) is 0 Å². The topological polar surface area (TPSA) is 32.3 Å². The molecule has 2 aliphatic carbocycles. The van der Waals surface area contributed by atoms with Gasteiger partial charge in [-0.2, -0.15) is 0 Å². The summed E-state index contributed by atoms with van der Waals surface area (Å²) in [4.78, 5) is 15.5. The molecular weight excluding hydrogens is 331 g/mol. The lowest BCUT2D eigenvalue weighted by Crippen LogP contribution is -2.50. The number of halogens is 2. The molecule has 1 aliphatic heterocycles. The summed E-state index contributed by atoms with van der Waals surface area (Å²) in [6.07, 6.45) is 6.06. The van der Waals surface area contributed by atoms with Crippen molar-refractivity contribution in [3.63, 3.8) is 0 Å². The molecule has 3 aliphatic rings. The maximum Gasteiger partial charge on any atom is 0.255 e. The van der Waals surface area contributed by atoms with Gasteiger partial charge >= 0.3 is 0 Å². The molecule has 0 aromatic heterocycles. The van der Waals surface area contributed by atoms with Crippen molar-refractivity contribution < 1.29 is 4.79 Å². The van der Waals surface area contributed by atoms with E-state index in [1.807, 2.05) is 12.1 Å². The number of hydrogen-bond donors (Lipinski definition) is 1. The minimum absolute atomic E-state index is 0.0648. The summed E-state index contributed by atoms with van der Waals surface area (Å²) >= 11 is 12.5. The number of nitrogens with zero attached hydrogens (tertiary/aromatic N) is 1. The summed E-state index contributed by atoms with van der Waals surface area (Å²) in [7, 11) is 0. The molecule has 1 atom stereocenters. The van der Waals surface area contributed by atoms with E-state index in [1.54, 1.807) is 6.07 Å². The standard InChI is InChI=1S/C18H22Cl2N2O/c19-15-3-1-2-14(16(15)20)18(23)22(13-8-9-21-10-13)17(11-4-5-11)12-6-7-12/h1-3,11-13,17,21H,4-10H2. The van der Waals surface area contributed by atoms with Crippen LogP contribution in [0.1, 0.15) is 42.5 Å². The van der Waals surface area contributed by atoms with Gasteiger partial charge in [0.25, 0.3) is 5.91 Å². The molecule has 1 heterocycles. The quantitative estimate of drug-likeness (QED) is 0.868. The average Bonchev–Trinajstić information content (AvgIpc) is 3.48. The number of carbonyl (C=O) groups excluding carboxylic acids is 1. The number of hydrogen-bond acceptors (Lipinski definition) is 2. The third kappa shape index (κ3) is 3.11. The SMILES string of the molecule is O=C(c1cccc(Cl)c1Cl)N(C1CCNC1)C(C1CC1)C1CC1. The third-order valence-corrected chi connectivity index (χ3v) is 6.19. The molecule has 4 rings (SSSR count). The lowest BCUT2D eigenvalue weighted by molar-refractivity contribution is 0.0523. The van der Waals surface area contributed by atoms with Gasteiger partial charge in [-0.1, -0.05) is 29.3 Å².